The van der Waals surface area contributed by atoms with Gasteiger partial charge < -0.3 is 9.84 Å². The van der Waals surface area contributed by atoms with E-state index < -0.39 is 5.60 Å². The van der Waals surface area contributed by atoms with Crippen LogP contribution in [0, 0.1) is 5.92 Å². The van der Waals surface area contributed by atoms with Crippen LogP contribution in [-0.2, 0) is 12.0 Å². The molecule has 2 atom stereocenters. The van der Waals surface area contributed by atoms with Crippen molar-refractivity contribution in [1.29, 1.82) is 0 Å². The zero-order chi connectivity index (χ0) is 12.6. The highest BCUT2D eigenvalue weighted by Crippen LogP contribution is 2.44. The van der Waals surface area contributed by atoms with E-state index in [0.717, 1.165) is 50.0 Å². The topological polar surface area (TPSA) is 29.5 Å². The largest absolute Gasteiger partial charge is 0.493 e. The summed E-state index contributed by atoms with van der Waals surface area (Å²) in [6, 6.07) is 6.28. The molecule has 0 spiro atoms. The molecule has 2 heteroatoms. The summed E-state index contributed by atoms with van der Waals surface area (Å²) in [6.45, 7) is 2.98. The van der Waals surface area contributed by atoms with Crippen LogP contribution in [0.15, 0.2) is 18.2 Å². The predicted octanol–water partition coefficient (Wildman–Crippen LogP) is 3.41. The van der Waals surface area contributed by atoms with Crippen molar-refractivity contribution in [3.05, 3.63) is 29.3 Å². The average Bonchev–Trinajstić information content (AvgIpc) is 2.86. The summed E-state index contributed by atoms with van der Waals surface area (Å²) in [4.78, 5) is 0. The highest BCUT2D eigenvalue weighted by molar-refractivity contribution is 5.42. The SMILES string of the molecule is CCC1CCCCC1(O)c1ccc2c(c1)CCO2. The van der Waals surface area contributed by atoms with Crippen LogP contribution in [0.3, 0.4) is 0 Å². The molecule has 1 N–H and O–H groups in total. The van der Waals surface area contributed by atoms with Gasteiger partial charge in [0, 0.05) is 6.42 Å². The van der Waals surface area contributed by atoms with Crippen LogP contribution >= 0.6 is 0 Å². The Morgan fingerprint density at radius 2 is 2.28 bits per heavy atom. The zero-order valence-corrected chi connectivity index (χ0v) is 11.1. The molecular formula is C16H22O2. The minimum Gasteiger partial charge on any atom is -0.493 e. The van der Waals surface area contributed by atoms with Gasteiger partial charge in [-0.15, -0.1) is 0 Å². The van der Waals surface area contributed by atoms with Crippen molar-refractivity contribution < 1.29 is 9.84 Å². The number of hydrogen-bond acceptors (Lipinski definition) is 2. The molecule has 1 aromatic carbocycles. The van der Waals surface area contributed by atoms with Gasteiger partial charge in [0.05, 0.1) is 12.2 Å². The molecule has 18 heavy (non-hydrogen) atoms. The second-order valence-electron chi connectivity index (χ2n) is 5.70. The van der Waals surface area contributed by atoms with Crippen molar-refractivity contribution in [1.82, 2.24) is 0 Å². The standard InChI is InChI=1S/C16H22O2/c1-2-13-5-3-4-9-16(13,17)14-6-7-15-12(11-14)8-10-18-15/h6-7,11,13,17H,2-5,8-10H2,1H3. The molecule has 1 aliphatic carbocycles. The lowest BCUT2D eigenvalue weighted by molar-refractivity contribution is -0.0558. The summed E-state index contributed by atoms with van der Waals surface area (Å²) in [6.07, 6.45) is 6.50. The minimum atomic E-state index is -0.607. The Morgan fingerprint density at radius 3 is 3.11 bits per heavy atom. The van der Waals surface area contributed by atoms with E-state index in [9.17, 15) is 5.11 Å². The molecule has 3 rings (SSSR count). The molecule has 98 valence electrons. The van der Waals surface area contributed by atoms with Crippen LogP contribution in [0.1, 0.15) is 50.2 Å². The first-order chi connectivity index (χ1) is 8.74. The third-order valence-electron chi connectivity index (χ3n) is 4.72. The van der Waals surface area contributed by atoms with Crippen molar-refractivity contribution in [3.8, 4) is 5.75 Å². The van der Waals surface area contributed by atoms with Gasteiger partial charge in [-0.2, -0.15) is 0 Å². The first-order valence-corrected chi connectivity index (χ1v) is 7.22. The van der Waals surface area contributed by atoms with Gasteiger partial charge in [-0.1, -0.05) is 32.3 Å². The van der Waals surface area contributed by atoms with Crippen molar-refractivity contribution in [2.24, 2.45) is 5.92 Å². The van der Waals surface area contributed by atoms with Crippen LogP contribution in [-0.4, -0.2) is 11.7 Å². The number of ether oxygens (including phenoxy) is 1. The zero-order valence-electron chi connectivity index (χ0n) is 11.1. The summed E-state index contributed by atoms with van der Waals surface area (Å²) in [5.41, 5.74) is 1.77. The van der Waals surface area contributed by atoms with E-state index >= 15 is 0 Å². The van der Waals surface area contributed by atoms with E-state index in [1.807, 2.05) is 6.07 Å². The Morgan fingerprint density at radius 1 is 1.39 bits per heavy atom. The molecule has 2 aliphatic rings. The first-order valence-electron chi connectivity index (χ1n) is 7.22. The van der Waals surface area contributed by atoms with Crippen molar-refractivity contribution in [2.75, 3.05) is 6.61 Å². The van der Waals surface area contributed by atoms with E-state index in [-0.39, 0.29) is 0 Å². The Balaban J connectivity index is 1.96. The number of aliphatic hydroxyl groups is 1. The van der Waals surface area contributed by atoms with Crippen molar-refractivity contribution in [2.45, 2.75) is 51.0 Å². The van der Waals surface area contributed by atoms with E-state index in [0.29, 0.717) is 5.92 Å². The lowest BCUT2D eigenvalue weighted by atomic mass is 9.70. The van der Waals surface area contributed by atoms with Crippen LogP contribution in [0.2, 0.25) is 0 Å². The molecule has 1 aliphatic heterocycles. The molecular weight excluding hydrogens is 224 g/mol. The molecule has 2 unspecified atom stereocenters. The Bertz CT molecular complexity index is 441. The number of hydrogen-bond donors (Lipinski definition) is 1. The molecule has 1 heterocycles. The molecule has 1 aromatic rings. The summed E-state index contributed by atoms with van der Waals surface area (Å²) in [5.74, 6) is 1.41. The molecule has 1 fully saturated rings. The monoisotopic (exact) mass is 246 g/mol. The molecule has 2 nitrogen and oxygen atoms in total. The normalized spacial score (nSPS) is 30.9. The van der Waals surface area contributed by atoms with Gasteiger partial charge >= 0.3 is 0 Å². The van der Waals surface area contributed by atoms with Crippen molar-refractivity contribution in [3.63, 3.8) is 0 Å². The van der Waals surface area contributed by atoms with Crippen LogP contribution < -0.4 is 4.74 Å². The van der Waals surface area contributed by atoms with Crippen LogP contribution in [0.4, 0.5) is 0 Å². The molecule has 0 amide bonds. The highest BCUT2D eigenvalue weighted by Gasteiger charge is 2.39. The average molecular weight is 246 g/mol. The summed E-state index contributed by atoms with van der Waals surface area (Å²) in [7, 11) is 0. The molecule has 1 saturated carbocycles. The maximum absolute atomic E-state index is 11.1. The fourth-order valence-corrected chi connectivity index (χ4v) is 3.61. The fourth-order valence-electron chi connectivity index (χ4n) is 3.61. The summed E-state index contributed by atoms with van der Waals surface area (Å²) < 4.78 is 5.55. The number of benzene rings is 1. The Hall–Kier alpha value is -1.02. The minimum absolute atomic E-state index is 0.409. The Kier molecular flexibility index (Phi) is 3.06. The van der Waals surface area contributed by atoms with Gasteiger partial charge in [-0.25, -0.2) is 0 Å². The first kappa shape index (κ1) is 12.0. The van der Waals surface area contributed by atoms with Crippen LogP contribution in [0.5, 0.6) is 5.75 Å². The number of fused-ring (bicyclic) bond motifs is 1. The third kappa shape index (κ3) is 1.83. The highest BCUT2D eigenvalue weighted by atomic mass is 16.5. The third-order valence-corrected chi connectivity index (χ3v) is 4.72. The van der Waals surface area contributed by atoms with E-state index in [1.165, 1.54) is 12.0 Å². The smallest absolute Gasteiger partial charge is 0.122 e. The molecule has 0 bridgehead atoms. The maximum atomic E-state index is 11.1. The van der Waals surface area contributed by atoms with Gasteiger partial charge in [-0.3, -0.25) is 0 Å². The van der Waals surface area contributed by atoms with Gasteiger partial charge in [-0.05, 0) is 42.0 Å². The van der Waals surface area contributed by atoms with Crippen molar-refractivity contribution >= 4 is 0 Å². The molecule has 0 saturated heterocycles. The van der Waals surface area contributed by atoms with E-state index in [1.54, 1.807) is 0 Å². The second-order valence-corrected chi connectivity index (χ2v) is 5.70. The fraction of sp³-hybridized carbons (Fsp3) is 0.625. The van der Waals surface area contributed by atoms with Gasteiger partial charge in [0.2, 0.25) is 0 Å². The predicted molar refractivity (Wildman–Crippen MR) is 71.8 cm³/mol. The Labute approximate surface area is 109 Å². The second kappa shape index (κ2) is 4.58. The summed E-state index contributed by atoms with van der Waals surface area (Å²) >= 11 is 0. The lowest BCUT2D eigenvalue weighted by Gasteiger charge is -2.40. The maximum Gasteiger partial charge on any atom is 0.122 e. The molecule has 0 radical (unpaired) electrons. The molecule has 0 aromatic heterocycles. The summed E-state index contributed by atoms with van der Waals surface area (Å²) in [5, 5.41) is 11.1. The number of rotatable bonds is 2. The van der Waals surface area contributed by atoms with E-state index in [4.69, 9.17) is 4.74 Å². The van der Waals surface area contributed by atoms with Gasteiger partial charge in [0.1, 0.15) is 5.75 Å². The van der Waals surface area contributed by atoms with Gasteiger partial charge in [0.25, 0.3) is 0 Å². The van der Waals surface area contributed by atoms with E-state index in [2.05, 4.69) is 19.1 Å². The quantitative estimate of drug-likeness (QED) is 0.866. The lowest BCUT2D eigenvalue weighted by Crippen LogP contribution is -2.37. The van der Waals surface area contributed by atoms with Crippen LogP contribution in [0.25, 0.3) is 0 Å². The van der Waals surface area contributed by atoms with Gasteiger partial charge in [0.15, 0.2) is 0 Å².